The van der Waals surface area contributed by atoms with Crippen LogP contribution in [0.5, 0.6) is 5.75 Å². The summed E-state index contributed by atoms with van der Waals surface area (Å²) >= 11 is 0. The molecular formula is C20H19FN2O4. The molecule has 4 aromatic rings. The summed E-state index contributed by atoms with van der Waals surface area (Å²) in [7, 11) is 1.66. The van der Waals surface area contributed by atoms with Gasteiger partial charge in [0.2, 0.25) is 0 Å². The van der Waals surface area contributed by atoms with Gasteiger partial charge in [0.1, 0.15) is 18.0 Å². The minimum Gasteiger partial charge on any atom is -0.488 e. The van der Waals surface area contributed by atoms with Crippen LogP contribution in [0.15, 0.2) is 56.3 Å². The molecule has 0 atom stereocenters. The molecule has 0 radical (unpaired) electrons. The summed E-state index contributed by atoms with van der Waals surface area (Å²) in [5.74, 6) is -0.139. The van der Waals surface area contributed by atoms with Gasteiger partial charge in [-0.3, -0.25) is 4.57 Å². The van der Waals surface area contributed by atoms with Crippen molar-refractivity contribution in [3.8, 4) is 5.75 Å². The quantitative estimate of drug-likeness (QED) is 0.506. The number of oxazole rings is 1. The third kappa shape index (κ3) is 3.46. The Morgan fingerprint density at radius 2 is 2.11 bits per heavy atom. The van der Waals surface area contributed by atoms with Gasteiger partial charge in [0.25, 0.3) is 0 Å². The molecule has 1 N–H and O–H groups in total. The van der Waals surface area contributed by atoms with E-state index >= 15 is 0 Å². The maximum Gasteiger partial charge on any atom is 0.419 e. The van der Waals surface area contributed by atoms with Crippen LogP contribution in [0.2, 0.25) is 0 Å². The zero-order chi connectivity index (χ0) is 18.8. The SMILES string of the molecule is Cn1c(=O)oc2c(OCCNCCc3coc4ccc(F)cc34)cccc21. The molecule has 6 nitrogen and oxygen atoms in total. The Bertz CT molecular complexity index is 1140. The van der Waals surface area contributed by atoms with Crippen molar-refractivity contribution in [1.82, 2.24) is 9.88 Å². The summed E-state index contributed by atoms with van der Waals surface area (Å²) in [5, 5.41) is 4.08. The van der Waals surface area contributed by atoms with Crippen LogP contribution in [0.4, 0.5) is 4.39 Å². The number of hydrogen-bond acceptors (Lipinski definition) is 5. The molecule has 0 fully saturated rings. The van der Waals surface area contributed by atoms with E-state index in [-0.39, 0.29) is 5.82 Å². The van der Waals surface area contributed by atoms with E-state index < -0.39 is 5.76 Å². The molecule has 7 heteroatoms. The first-order valence-electron chi connectivity index (χ1n) is 8.71. The lowest BCUT2D eigenvalue weighted by Gasteiger charge is -2.07. The summed E-state index contributed by atoms with van der Waals surface area (Å²) < 4.78 is 31.2. The van der Waals surface area contributed by atoms with Crippen LogP contribution in [-0.4, -0.2) is 24.3 Å². The van der Waals surface area contributed by atoms with Gasteiger partial charge in [-0.25, -0.2) is 9.18 Å². The zero-order valence-electron chi connectivity index (χ0n) is 14.8. The average molecular weight is 370 g/mol. The fourth-order valence-electron chi connectivity index (χ4n) is 3.07. The number of hydrogen-bond donors (Lipinski definition) is 1. The molecule has 0 spiro atoms. The van der Waals surface area contributed by atoms with Crippen LogP contribution in [0.25, 0.3) is 22.1 Å². The molecule has 2 heterocycles. The summed E-state index contributed by atoms with van der Waals surface area (Å²) in [6, 6.07) is 9.92. The van der Waals surface area contributed by atoms with Gasteiger partial charge in [0.15, 0.2) is 11.3 Å². The predicted octanol–water partition coefficient (Wildman–Crippen LogP) is 3.23. The molecule has 0 aliphatic rings. The first kappa shape index (κ1) is 17.4. The lowest BCUT2D eigenvalue weighted by molar-refractivity contribution is 0.312. The Morgan fingerprint density at radius 1 is 1.22 bits per heavy atom. The molecule has 0 bridgehead atoms. The number of aryl methyl sites for hydroxylation is 1. The second kappa shape index (κ2) is 7.28. The van der Waals surface area contributed by atoms with Gasteiger partial charge in [0, 0.05) is 19.0 Å². The van der Waals surface area contributed by atoms with E-state index in [1.807, 2.05) is 12.1 Å². The standard InChI is InChI=1S/C20H19FN2O4/c1-23-16-3-2-4-18(19(16)27-20(23)24)25-10-9-22-8-7-13-12-26-17-6-5-14(21)11-15(13)17/h2-6,11-12,22H,7-10H2,1H3. The fourth-order valence-corrected chi connectivity index (χ4v) is 3.07. The Hall–Kier alpha value is -3.06. The van der Waals surface area contributed by atoms with Crippen molar-refractivity contribution in [3.63, 3.8) is 0 Å². The van der Waals surface area contributed by atoms with Crippen molar-refractivity contribution in [2.45, 2.75) is 6.42 Å². The van der Waals surface area contributed by atoms with Crippen LogP contribution in [0.3, 0.4) is 0 Å². The summed E-state index contributed by atoms with van der Waals surface area (Å²) in [5.41, 5.74) is 2.81. The lowest BCUT2D eigenvalue weighted by atomic mass is 10.1. The van der Waals surface area contributed by atoms with Gasteiger partial charge in [-0.05, 0) is 48.9 Å². The van der Waals surface area contributed by atoms with Crippen molar-refractivity contribution in [2.75, 3.05) is 19.7 Å². The highest BCUT2D eigenvalue weighted by Crippen LogP contribution is 2.24. The van der Waals surface area contributed by atoms with Gasteiger partial charge in [-0.2, -0.15) is 0 Å². The number of para-hydroxylation sites is 1. The highest BCUT2D eigenvalue weighted by molar-refractivity contribution is 5.81. The van der Waals surface area contributed by atoms with Crippen LogP contribution in [0.1, 0.15) is 5.56 Å². The van der Waals surface area contributed by atoms with Crippen molar-refractivity contribution in [2.24, 2.45) is 7.05 Å². The van der Waals surface area contributed by atoms with Gasteiger partial charge >= 0.3 is 5.76 Å². The molecule has 0 saturated heterocycles. The molecule has 0 aliphatic heterocycles. The Balaban J connectivity index is 1.29. The topological polar surface area (TPSA) is 69.5 Å². The van der Waals surface area contributed by atoms with E-state index in [0.29, 0.717) is 42.1 Å². The van der Waals surface area contributed by atoms with Crippen molar-refractivity contribution < 1.29 is 18.0 Å². The number of aromatic nitrogens is 1. The van der Waals surface area contributed by atoms with Crippen LogP contribution < -0.4 is 15.8 Å². The first-order chi connectivity index (χ1) is 13.1. The Labute approximate surface area is 154 Å². The minimum atomic E-state index is -0.414. The third-order valence-electron chi connectivity index (χ3n) is 4.51. The number of nitrogens with zero attached hydrogens (tertiary/aromatic N) is 1. The largest absolute Gasteiger partial charge is 0.488 e. The molecule has 2 aromatic carbocycles. The second-order valence-electron chi connectivity index (χ2n) is 6.28. The van der Waals surface area contributed by atoms with E-state index in [1.54, 1.807) is 25.4 Å². The fraction of sp³-hybridized carbons (Fsp3) is 0.250. The maximum absolute atomic E-state index is 13.4. The van der Waals surface area contributed by atoms with Gasteiger partial charge < -0.3 is 18.9 Å². The highest BCUT2D eigenvalue weighted by Gasteiger charge is 2.11. The lowest BCUT2D eigenvalue weighted by Crippen LogP contribution is -2.23. The van der Waals surface area contributed by atoms with Crippen LogP contribution in [0, 0.1) is 5.82 Å². The smallest absolute Gasteiger partial charge is 0.419 e. The molecule has 2 aromatic heterocycles. The maximum atomic E-state index is 13.4. The van der Waals surface area contributed by atoms with Gasteiger partial charge in [-0.15, -0.1) is 0 Å². The number of ether oxygens (including phenoxy) is 1. The van der Waals surface area contributed by atoms with E-state index in [4.69, 9.17) is 13.6 Å². The number of halogens is 1. The molecule has 0 saturated carbocycles. The normalized spacial score (nSPS) is 11.5. The number of benzene rings is 2. The third-order valence-corrected chi connectivity index (χ3v) is 4.51. The van der Waals surface area contributed by atoms with E-state index in [2.05, 4.69) is 5.32 Å². The van der Waals surface area contributed by atoms with E-state index in [1.165, 1.54) is 16.7 Å². The average Bonchev–Trinajstić information content (AvgIpc) is 3.19. The first-order valence-corrected chi connectivity index (χ1v) is 8.71. The molecular weight excluding hydrogens is 351 g/mol. The van der Waals surface area contributed by atoms with Crippen LogP contribution >= 0.6 is 0 Å². The van der Waals surface area contributed by atoms with Crippen molar-refractivity contribution in [3.05, 3.63) is 64.6 Å². The van der Waals surface area contributed by atoms with Crippen LogP contribution in [-0.2, 0) is 13.5 Å². The number of furan rings is 1. The van der Waals surface area contributed by atoms with Crippen molar-refractivity contribution >= 4 is 22.1 Å². The molecule has 27 heavy (non-hydrogen) atoms. The van der Waals surface area contributed by atoms with E-state index in [0.717, 1.165) is 17.4 Å². The van der Waals surface area contributed by atoms with Gasteiger partial charge in [0.05, 0.1) is 11.8 Å². The number of fused-ring (bicyclic) bond motifs is 2. The number of nitrogens with one attached hydrogen (secondary N) is 1. The molecule has 0 unspecified atom stereocenters. The Morgan fingerprint density at radius 3 is 3.00 bits per heavy atom. The predicted molar refractivity (Wildman–Crippen MR) is 99.7 cm³/mol. The van der Waals surface area contributed by atoms with Crippen molar-refractivity contribution in [1.29, 1.82) is 0 Å². The molecule has 0 amide bonds. The Kier molecular flexibility index (Phi) is 4.68. The number of rotatable bonds is 7. The molecule has 4 rings (SSSR count). The van der Waals surface area contributed by atoms with E-state index in [9.17, 15) is 9.18 Å². The summed E-state index contributed by atoms with van der Waals surface area (Å²) in [4.78, 5) is 11.6. The second-order valence-corrected chi connectivity index (χ2v) is 6.28. The molecule has 0 aliphatic carbocycles. The monoisotopic (exact) mass is 370 g/mol. The summed E-state index contributed by atoms with van der Waals surface area (Å²) in [6.45, 7) is 1.76. The highest BCUT2D eigenvalue weighted by atomic mass is 19.1. The zero-order valence-corrected chi connectivity index (χ0v) is 14.8. The molecule has 140 valence electrons. The summed E-state index contributed by atoms with van der Waals surface area (Å²) in [6.07, 6.45) is 2.39. The van der Waals surface area contributed by atoms with Gasteiger partial charge in [-0.1, -0.05) is 6.07 Å². The minimum absolute atomic E-state index is 0.270.